The third-order valence-corrected chi connectivity index (χ3v) is 3.96. The molecule has 23 heavy (non-hydrogen) atoms. The van der Waals surface area contributed by atoms with Crippen LogP contribution in [0.15, 0.2) is 33.7 Å². The lowest BCUT2D eigenvalue weighted by Crippen LogP contribution is -2.08. The molecule has 122 valence electrons. The number of aryl methyl sites for hydroxylation is 1. The maximum atomic E-state index is 11.9. The molecule has 2 rings (SSSR count). The van der Waals surface area contributed by atoms with Crippen molar-refractivity contribution in [2.45, 2.75) is 18.4 Å². The Morgan fingerprint density at radius 3 is 2.61 bits per heavy atom. The van der Waals surface area contributed by atoms with Gasteiger partial charge < -0.3 is 9.26 Å². The molecular formula is C13H12N2O7S. The zero-order valence-electron chi connectivity index (χ0n) is 12.2. The Hall–Kier alpha value is -2.75. The molecular weight excluding hydrogens is 328 g/mol. The van der Waals surface area contributed by atoms with E-state index in [1.807, 2.05) is 0 Å². The van der Waals surface area contributed by atoms with Gasteiger partial charge in [0.25, 0.3) is 5.69 Å². The van der Waals surface area contributed by atoms with Gasteiger partial charge in [-0.3, -0.25) is 10.1 Å². The molecule has 0 unspecified atom stereocenters. The van der Waals surface area contributed by atoms with E-state index in [1.54, 1.807) is 13.0 Å². The molecule has 0 amide bonds. The molecule has 0 atom stereocenters. The van der Waals surface area contributed by atoms with Crippen molar-refractivity contribution in [3.05, 3.63) is 51.4 Å². The van der Waals surface area contributed by atoms with E-state index in [0.717, 1.165) is 24.5 Å². The maximum Gasteiger partial charge on any atom is 0.338 e. The van der Waals surface area contributed by atoms with Crippen LogP contribution >= 0.6 is 0 Å². The molecule has 10 heteroatoms. The second-order valence-electron chi connectivity index (χ2n) is 4.72. The van der Waals surface area contributed by atoms with Gasteiger partial charge in [0.05, 0.1) is 16.2 Å². The average molecular weight is 340 g/mol. The fraction of sp³-hybridized carbons (Fsp3) is 0.231. The number of nitrogens with zero attached hydrogens (tertiary/aromatic N) is 2. The predicted octanol–water partition coefficient (Wildman–Crippen LogP) is 1.65. The van der Waals surface area contributed by atoms with Gasteiger partial charge in [-0.2, -0.15) is 0 Å². The second-order valence-corrected chi connectivity index (χ2v) is 6.71. The van der Waals surface area contributed by atoms with Crippen molar-refractivity contribution < 1.29 is 27.4 Å². The van der Waals surface area contributed by atoms with Crippen molar-refractivity contribution in [1.29, 1.82) is 0 Å². The van der Waals surface area contributed by atoms with Gasteiger partial charge in [-0.25, -0.2) is 13.2 Å². The fourth-order valence-corrected chi connectivity index (χ4v) is 2.63. The normalized spacial score (nSPS) is 11.2. The molecule has 9 nitrogen and oxygen atoms in total. The van der Waals surface area contributed by atoms with Gasteiger partial charge in [0.2, 0.25) is 0 Å². The first kappa shape index (κ1) is 16.6. The number of aromatic nitrogens is 1. The van der Waals surface area contributed by atoms with E-state index >= 15 is 0 Å². The molecule has 0 N–H and O–H groups in total. The van der Waals surface area contributed by atoms with E-state index in [2.05, 4.69) is 5.16 Å². The van der Waals surface area contributed by atoms with Gasteiger partial charge in [-0.05, 0) is 19.1 Å². The van der Waals surface area contributed by atoms with E-state index in [-0.39, 0.29) is 12.2 Å². The topological polar surface area (TPSA) is 130 Å². The van der Waals surface area contributed by atoms with Gasteiger partial charge in [0.15, 0.2) is 22.2 Å². The predicted molar refractivity (Wildman–Crippen MR) is 76.6 cm³/mol. The summed E-state index contributed by atoms with van der Waals surface area (Å²) in [4.78, 5) is 21.6. The van der Waals surface area contributed by atoms with Crippen molar-refractivity contribution in [1.82, 2.24) is 5.16 Å². The van der Waals surface area contributed by atoms with Gasteiger partial charge in [0, 0.05) is 18.4 Å². The first-order chi connectivity index (χ1) is 10.7. The molecule has 0 fully saturated rings. The van der Waals surface area contributed by atoms with Crippen LogP contribution in [0.4, 0.5) is 5.69 Å². The number of hydrogen-bond donors (Lipinski definition) is 0. The summed E-state index contributed by atoms with van der Waals surface area (Å²) >= 11 is 0. The molecule has 1 aromatic carbocycles. The van der Waals surface area contributed by atoms with Crippen LogP contribution in [0.2, 0.25) is 0 Å². The van der Waals surface area contributed by atoms with Gasteiger partial charge >= 0.3 is 5.97 Å². The zero-order chi connectivity index (χ0) is 17.2. The number of benzene rings is 1. The number of nitro benzene ring substituents is 1. The summed E-state index contributed by atoms with van der Waals surface area (Å²) < 4.78 is 32.8. The molecule has 1 heterocycles. The minimum Gasteiger partial charge on any atom is -0.454 e. The van der Waals surface area contributed by atoms with E-state index < -0.39 is 31.3 Å². The lowest BCUT2D eigenvalue weighted by atomic mass is 10.2. The summed E-state index contributed by atoms with van der Waals surface area (Å²) in [5, 5.41) is 14.6. The molecule has 0 bridgehead atoms. The van der Waals surface area contributed by atoms with Gasteiger partial charge in [-0.1, -0.05) is 5.16 Å². The number of carbonyl (C=O) groups excluding carboxylic acids is 1. The largest absolute Gasteiger partial charge is 0.454 e. The highest BCUT2D eigenvalue weighted by atomic mass is 32.2. The van der Waals surface area contributed by atoms with Crippen LogP contribution in [0, 0.1) is 17.0 Å². The van der Waals surface area contributed by atoms with E-state index in [4.69, 9.17) is 9.26 Å². The lowest BCUT2D eigenvalue weighted by molar-refractivity contribution is -0.387. The molecule has 0 spiro atoms. The second kappa shape index (κ2) is 6.16. The highest BCUT2D eigenvalue weighted by Gasteiger charge is 2.24. The molecule has 0 saturated carbocycles. The highest BCUT2D eigenvalue weighted by molar-refractivity contribution is 7.90. The van der Waals surface area contributed by atoms with Crippen molar-refractivity contribution in [3.63, 3.8) is 0 Å². The Morgan fingerprint density at radius 2 is 2.09 bits per heavy atom. The third-order valence-electron chi connectivity index (χ3n) is 2.81. The summed E-state index contributed by atoms with van der Waals surface area (Å²) in [6.45, 7) is 1.50. The number of carbonyl (C=O) groups is 1. The Labute approximate surface area is 130 Å². The molecule has 0 saturated heterocycles. The molecule has 0 radical (unpaired) electrons. The molecule has 0 aliphatic carbocycles. The third kappa shape index (κ3) is 3.92. The SMILES string of the molecule is Cc1cc(COC(=O)c2ccc(S(C)(=O)=O)c([N+](=O)[O-])c2)on1. The Bertz CT molecular complexity index is 870. The minimum absolute atomic E-state index is 0.139. The smallest absolute Gasteiger partial charge is 0.338 e. The van der Waals surface area contributed by atoms with Crippen molar-refractivity contribution >= 4 is 21.5 Å². The van der Waals surface area contributed by atoms with Crippen LogP contribution in [0.3, 0.4) is 0 Å². The number of nitro groups is 1. The Morgan fingerprint density at radius 1 is 1.39 bits per heavy atom. The van der Waals surface area contributed by atoms with E-state index in [0.29, 0.717) is 11.5 Å². The Balaban J connectivity index is 2.24. The van der Waals surface area contributed by atoms with E-state index in [9.17, 15) is 23.3 Å². The highest BCUT2D eigenvalue weighted by Crippen LogP contribution is 2.25. The monoisotopic (exact) mass is 340 g/mol. The lowest BCUT2D eigenvalue weighted by Gasteiger charge is -2.05. The van der Waals surface area contributed by atoms with Crippen LogP contribution in [0.5, 0.6) is 0 Å². The van der Waals surface area contributed by atoms with Crippen LogP contribution in [0.25, 0.3) is 0 Å². The maximum absolute atomic E-state index is 11.9. The summed E-state index contributed by atoms with van der Waals surface area (Å²) in [5.41, 5.74) is -0.206. The van der Waals surface area contributed by atoms with Crippen molar-refractivity contribution in [2.24, 2.45) is 0 Å². The first-order valence-corrected chi connectivity index (χ1v) is 8.15. The molecule has 2 aromatic rings. The average Bonchev–Trinajstić information content (AvgIpc) is 2.88. The van der Waals surface area contributed by atoms with Crippen molar-refractivity contribution in [2.75, 3.05) is 6.26 Å². The fourth-order valence-electron chi connectivity index (χ4n) is 1.80. The number of rotatable bonds is 5. The standard InChI is InChI=1S/C13H12N2O7S/c1-8-5-10(22-14-8)7-21-13(16)9-3-4-12(23(2,19)20)11(6-9)15(17)18/h3-6H,7H2,1-2H3. The van der Waals surface area contributed by atoms with Crippen LogP contribution in [-0.2, 0) is 21.2 Å². The summed E-state index contributed by atoms with van der Waals surface area (Å²) in [7, 11) is -3.79. The quantitative estimate of drug-likeness (QED) is 0.456. The molecule has 1 aromatic heterocycles. The summed E-state index contributed by atoms with van der Waals surface area (Å²) in [5.74, 6) is -0.527. The van der Waals surface area contributed by atoms with Crippen LogP contribution < -0.4 is 0 Å². The molecule has 0 aliphatic heterocycles. The Kier molecular flexibility index (Phi) is 4.45. The number of sulfone groups is 1. The number of esters is 1. The number of ether oxygens (including phenoxy) is 1. The zero-order valence-corrected chi connectivity index (χ0v) is 13.0. The summed E-state index contributed by atoms with van der Waals surface area (Å²) in [6, 6.07) is 4.59. The van der Waals surface area contributed by atoms with Gasteiger partial charge in [-0.15, -0.1) is 0 Å². The minimum atomic E-state index is -3.79. The summed E-state index contributed by atoms with van der Waals surface area (Å²) in [6.07, 6.45) is 0.847. The van der Waals surface area contributed by atoms with E-state index in [1.165, 1.54) is 0 Å². The van der Waals surface area contributed by atoms with Gasteiger partial charge in [0.1, 0.15) is 4.90 Å². The van der Waals surface area contributed by atoms with Crippen LogP contribution in [0.1, 0.15) is 21.8 Å². The number of hydrogen-bond acceptors (Lipinski definition) is 8. The molecule has 0 aliphatic rings. The van der Waals surface area contributed by atoms with Crippen LogP contribution in [-0.4, -0.2) is 30.7 Å². The van der Waals surface area contributed by atoms with Crippen molar-refractivity contribution in [3.8, 4) is 0 Å². The first-order valence-electron chi connectivity index (χ1n) is 6.26.